The number of aromatic nitrogens is 1. The molecule has 0 saturated heterocycles. The van der Waals surface area contributed by atoms with E-state index in [9.17, 15) is 14.7 Å². The van der Waals surface area contributed by atoms with Gasteiger partial charge in [-0.1, -0.05) is 42.5 Å². The lowest BCUT2D eigenvalue weighted by Crippen LogP contribution is -2.19. The van der Waals surface area contributed by atoms with Crippen LogP contribution in [0.3, 0.4) is 0 Å². The molecule has 5 aromatic rings. The summed E-state index contributed by atoms with van der Waals surface area (Å²) in [5.41, 5.74) is 3.65. The molecule has 1 aliphatic carbocycles. The smallest absolute Gasteiger partial charge is 0.354 e. The number of hydrogen-bond donors (Lipinski definition) is 1. The van der Waals surface area contributed by atoms with Gasteiger partial charge >= 0.3 is 5.97 Å². The SMILES string of the molecule is O=C(O)c1c(-c2ccoc2)sc2c(C3CC3)c(Cc3cccc4ccccc34)cc(=O)n12. The Hall–Kier alpha value is -3.64. The fourth-order valence-electron chi connectivity index (χ4n) is 4.60. The van der Waals surface area contributed by atoms with Gasteiger partial charge < -0.3 is 9.52 Å². The van der Waals surface area contributed by atoms with Gasteiger partial charge in [0.05, 0.1) is 17.4 Å². The van der Waals surface area contributed by atoms with Crippen molar-refractivity contribution in [3.63, 3.8) is 0 Å². The van der Waals surface area contributed by atoms with E-state index in [4.69, 9.17) is 4.42 Å². The summed E-state index contributed by atoms with van der Waals surface area (Å²) in [5, 5.41) is 12.3. The first-order valence-electron chi connectivity index (χ1n) is 10.6. The lowest BCUT2D eigenvalue weighted by Gasteiger charge is -2.12. The maximum Gasteiger partial charge on any atom is 0.354 e. The van der Waals surface area contributed by atoms with Crippen LogP contribution in [0, 0.1) is 0 Å². The normalized spacial score (nSPS) is 13.8. The van der Waals surface area contributed by atoms with Gasteiger partial charge in [-0.2, -0.15) is 0 Å². The van der Waals surface area contributed by atoms with Crippen molar-refractivity contribution in [1.29, 1.82) is 0 Å². The number of aromatic carboxylic acids is 1. The number of benzene rings is 2. The summed E-state index contributed by atoms with van der Waals surface area (Å²) in [7, 11) is 0. The number of rotatable bonds is 5. The second kappa shape index (κ2) is 7.21. The quantitative estimate of drug-likeness (QED) is 0.366. The summed E-state index contributed by atoms with van der Waals surface area (Å²) in [6, 6.07) is 17.9. The standard InChI is InChI=1S/C26H19NO4S/c28-21-13-19(12-17-6-3-5-15-4-1-2-7-20(15)17)22(16-8-9-16)25-27(21)23(26(29)30)24(32-25)18-10-11-31-14-18/h1-7,10-11,13-14,16H,8-9,12H2,(H,29,30). The third kappa shape index (κ3) is 2.99. The highest BCUT2D eigenvalue weighted by molar-refractivity contribution is 7.21. The molecule has 2 aromatic carbocycles. The van der Waals surface area contributed by atoms with Gasteiger partial charge in [0.1, 0.15) is 4.83 Å². The maximum atomic E-state index is 13.2. The number of carbonyl (C=O) groups is 1. The minimum Gasteiger partial charge on any atom is -0.477 e. The lowest BCUT2D eigenvalue weighted by atomic mass is 9.95. The number of fused-ring (bicyclic) bond motifs is 2. The van der Waals surface area contributed by atoms with Crippen LogP contribution in [0.4, 0.5) is 0 Å². The second-order valence-electron chi connectivity index (χ2n) is 8.25. The molecule has 1 saturated carbocycles. The molecule has 1 fully saturated rings. The van der Waals surface area contributed by atoms with Crippen LogP contribution in [0.2, 0.25) is 0 Å². The number of furan rings is 1. The van der Waals surface area contributed by atoms with Crippen molar-refractivity contribution in [1.82, 2.24) is 4.40 Å². The Kier molecular flexibility index (Phi) is 4.30. The van der Waals surface area contributed by atoms with E-state index in [-0.39, 0.29) is 11.3 Å². The Labute approximate surface area is 187 Å². The van der Waals surface area contributed by atoms with E-state index in [1.165, 1.54) is 44.6 Å². The van der Waals surface area contributed by atoms with Gasteiger partial charge in [-0.3, -0.25) is 9.20 Å². The minimum atomic E-state index is -1.11. The van der Waals surface area contributed by atoms with E-state index in [2.05, 4.69) is 24.3 Å². The van der Waals surface area contributed by atoms with Gasteiger partial charge in [-0.25, -0.2) is 4.79 Å². The second-order valence-corrected chi connectivity index (χ2v) is 9.25. The topological polar surface area (TPSA) is 71.9 Å². The Balaban J connectivity index is 1.61. The monoisotopic (exact) mass is 441 g/mol. The van der Waals surface area contributed by atoms with Crippen LogP contribution in [0.15, 0.2) is 76.3 Å². The van der Waals surface area contributed by atoms with Crippen LogP contribution < -0.4 is 5.56 Å². The Morgan fingerprint density at radius 2 is 1.91 bits per heavy atom. The summed E-state index contributed by atoms with van der Waals surface area (Å²) in [6.45, 7) is 0. The molecule has 0 aliphatic heterocycles. The summed E-state index contributed by atoms with van der Waals surface area (Å²) >= 11 is 1.37. The molecule has 0 bridgehead atoms. The Morgan fingerprint density at radius 3 is 2.66 bits per heavy atom. The summed E-state index contributed by atoms with van der Waals surface area (Å²) < 4.78 is 6.57. The van der Waals surface area contributed by atoms with Crippen LogP contribution >= 0.6 is 11.3 Å². The van der Waals surface area contributed by atoms with Crippen molar-refractivity contribution in [2.75, 3.05) is 0 Å². The van der Waals surface area contributed by atoms with Gasteiger partial charge in [0.2, 0.25) is 0 Å². The zero-order chi connectivity index (χ0) is 21.8. The van der Waals surface area contributed by atoms with E-state index in [0.717, 1.165) is 28.8 Å². The number of carboxylic acids is 1. The van der Waals surface area contributed by atoms with Crippen molar-refractivity contribution in [2.24, 2.45) is 0 Å². The molecular weight excluding hydrogens is 422 g/mol. The van der Waals surface area contributed by atoms with E-state index in [1.54, 1.807) is 12.1 Å². The highest BCUT2D eigenvalue weighted by atomic mass is 32.1. The van der Waals surface area contributed by atoms with E-state index < -0.39 is 5.97 Å². The molecule has 32 heavy (non-hydrogen) atoms. The molecule has 3 aromatic heterocycles. The molecular formula is C26H19NO4S. The van der Waals surface area contributed by atoms with Crippen LogP contribution in [-0.2, 0) is 6.42 Å². The number of hydrogen-bond acceptors (Lipinski definition) is 4. The largest absolute Gasteiger partial charge is 0.477 e. The molecule has 0 radical (unpaired) electrons. The molecule has 1 N–H and O–H groups in total. The van der Waals surface area contributed by atoms with Gasteiger partial charge in [-0.15, -0.1) is 11.3 Å². The number of thiazole rings is 1. The van der Waals surface area contributed by atoms with Crippen LogP contribution in [0.25, 0.3) is 26.0 Å². The molecule has 0 atom stereocenters. The Bertz CT molecular complexity index is 1550. The predicted molar refractivity (Wildman–Crippen MR) is 125 cm³/mol. The van der Waals surface area contributed by atoms with E-state index in [0.29, 0.717) is 22.8 Å². The summed E-state index contributed by atoms with van der Waals surface area (Å²) in [5.74, 6) is -0.758. The number of carboxylic acid groups (broad SMARTS) is 1. The zero-order valence-corrected chi connectivity index (χ0v) is 17.9. The maximum absolute atomic E-state index is 13.2. The van der Waals surface area contributed by atoms with Gasteiger partial charge in [0.25, 0.3) is 5.56 Å². The fourth-order valence-corrected chi connectivity index (χ4v) is 5.98. The minimum absolute atomic E-state index is 0.00927. The van der Waals surface area contributed by atoms with Crippen molar-refractivity contribution in [2.45, 2.75) is 25.2 Å². The number of nitrogens with zero attached hydrogens (tertiary/aromatic N) is 1. The highest BCUT2D eigenvalue weighted by Gasteiger charge is 2.32. The number of pyridine rings is 1. The molecule has 3 heterocycles. The zero-order valence-electron chi connectivity index (χ0n) is 17.1. The van der Waals surface area contributed by atoms with Crippen molar-refractivity contribution in [3.8, 4) is 10.4 Å². The van der Waals surface area contributed by atoms with E-state index in [1.807, 2.05) is 18.2 Å². The van der Waals surface area contributed by atoms with Crippen LogP contribution in [-0.4, -0.2) is 15.5 Å². The average molecular weight is 442 g/mol. The van der Waals surface area contributed by atoms with Crippen molar-refractivity contribution in [3.05, 3.63) is 99.9 Å². The lowest BCUT2D eigenvalue weighted by molar-refractivity contribution is 0.0690. The van der Waals surface area contributed by atoms with Crippen LogP contribution in [0.5, 0.6) is 0 Å². The van der Waals surface area contributed by atoms with Crippen LogP contribution in [0.1, 0.15) is 45.9 Å². The average Bonchev–Trinajstić information content (AvgIpc) is 3.31. The van der Waals surface area contributed by atoms with Crippen molar-refractivity contribution >= 4 is 32.9 Å². The first kappa shape index (κ1) is 19.1. The van der Waals surface area contributed by atoms with Gasteiger partial charge in [-0.05, 0) is 58.7 Å². The molecule has 158 valence electrons. The highest BCUT2D eigenvalue weighted by Crippen LogP contribution is 2.47. The van der Waals surface area contributed by atoms with Gasteiger partial charge in [0.15, 0.2) is 5.69 Å². The van der Waals surface area contributed by atoms with E-state index >= 15 is 0 Å². The molecule has 0 spiro atoms. The summed E-state index contributed by atoms with van der Waals surface area (Å²) in [4.78, 5) is 26.7. The predicted octanol–water partition coefficient (Wildman–Crippen LogP) is 5.94. The molecule has 6 rings (SSSR count). The third-order valence-electron chi connectivity index (χ3n) is 6.17. The third-order valence-corrected chi connectivity index (χ3v) is 7.40. The first-order valence-corrected chi connectivity index (χ1v) is 11.4. The molecule has 1 aliphatic rings. The molecule has 6 heteroatoms. The van der Waals surface area contributed by atoms with Gasteiger partial charge in [0, 0.05) is 11.6 Å². The first-order chi connectivity index (χ1) is 15.6. The Morgan fingerprint density at radius 1 is 1.09 bits per heavy atom. The molecule has 0 unspecified atom stereocenters. The fraction of sp³-hybridized carbons (Fsp3) is 0.154. The summed E-state index contributed by atoms with van der Waals surface area (Å²) in [6.07, 6.45) is 5.79. The molecule has 0 amide bonds. The van der Waals surface area contributed by atoms with Crippen molar-refractivity contribution < 1.29 is 14.3 Å². The molecule has 5 nitrogen and oxygen atoms in total.